The molecule has 0 bridgehead atoms. The number of benzene rings is 1. The summed E-state index contributed by atoms with van der Waals surface area (Å²) in [5.74, 6) is -0.0912. The minimum Gasteiger partial charge on any atom is -0.338 e. The second-order valence-corrected chi connectivity index (χ2v) is 8.16. The van der Waals surface area contributed by atoms with E-state index >= 15 is 0 Å². The van der Waals surface area contributed by atoms with E-state index in [-0.39, 0.29) is 17.6 Å². The van der Waals surface area contributed by atoms with Crippen LogP contribution in [0.3, 0.4) is 0 Å². The van der Waals surface area contributed by atoms with Gasteiger partial charge in [0.15, 0.2) is 0 Å². The standard InChI is InChI=1S/C22H26FN3O2S/c1-15-13-17(23)8-9-19(15)25-20(27)10-7-16-5-4-12-26(14-16)22(28)18-6-3-11-24-21(18)29-2/h3,6,8-9,11,13,16H,4-5,7,10,12,14H2,1-2H3,(H,25,27)/t16-/m1/s1. The fourth-order valence-electron chi connectivity index (χ4n) is 3.69. The number of nitrogens with one attached hydrogen (secondary N) is 1. The second-order valence-electron chi connectivity index (χ2n) is 7.37. The Hall–Kier alpha value is -2.41. The maximum atomic E-state index is 13.2. The SMILES string of the molecule is CSc1ncccc1C(=O)N1CCC[C@H](CCC(=O)Nc2ccc(F)cc2C)C1. The number of pyridine rings is 1. The van der Waals surface area contributed by atoms with Crippen molar-refractivity contribution in [1.82, 2.24) is 9.88 Å². The number of rotatable bonds is 6. The number of carbonyl (C=O) groups is 2. The number of likely N-dealkylation sites (tertiary alicyclic amines) is 1. The fraction of sp³-hybridized carbons (Fsp3) is 0.409. The molecule has 1 fully saturated rings. The molecule has 5 nitrogen and oxygen atoms in total. The van der Waals surface area contributed by atoms with Crippen molar-refractivity contribution >= 4 is 29.3 Å². The highest BCUT2D eigenvalue weighted by Crippen LogP contribution is 2.25. The van der Waals surface area contributed by atoms with E-state index in [1.807, 2.05) is 17.2 Å². The summed E-state index contributed by atoms with van der Waals surface area (Å²) in [5, 5.41) is 3.60. The Balaban J connectivity index is 1.54. The van der Waals surface area contributed by atoms with Gasteiger partial charge in [-0.3, -0.25) is 9.59 Å². The molecule has 2 amide bonds. The number of thioether (sulfide) groups is 1. The van der Waals surface area contributed by atoms with Crippen molar-refractivity contribution in [2.24, 2.45) is 5.92 Å². The van der Waals surface area contributed by atoms with Crippen LogP contribution in [0.25, 0.3) is 0 Å². The molecule has 1 atom stereocenters. The first-order chi connectivity index (χ1) is 14.0. The summed E-state index contributed by atoms with van der Waals surface area (Å²) < 4.78 is 13.2. The predicted octanol–water partition coefficient (Wildman–Crippen LogP) is 4.52. The molecular weight excluding hydrogens is 389 g/mol. The molecule has 0 radical (unpaired) electrons. The first-order valence-corrected chi connectivity index (χ1v) is 11.0. The van der Waals surface area contributed by atoms with Crippen molar-refractivity contribution in [3.63, 3.8) is 0 Å². The maximum Gasteiger partial charge on any atom is 0.256 e. The van der Waals surface area contributed by atoms with Crippen molar-refractivity contribution in [2.45, 2.75) is 37.6 Å². The van der Waals surface area contributed by atoms with Crippen molar-refractivity contribution < 1.29 is 14.0 Å². The van der Waals surface area contributed by atoms with Gasteiger partial charge >= 0.3 is 0 Å². The molecule has 2 aromatic rings. The van der Waals surface area contributed by atoms with Crippen LogP contribution in [-0.2, 0) is 4.79 Å². The topological polar surface area (TPSA) is 62.3 Å². The van der Waals surface area contributed by atoms with E-state index in [0.29, 0.717) is 35.7 Å². The van der Waals surface area contributed by atoms with E-state index in [4.69, 9.17) is 0 Å². The van der Waals surface area contributed by atoms with Crippen LogP contribution in [0.5, 0.6) is 0 Å². The summed E-state index contributed by atoms with van der Waals surface area (Å²) in [4.78, 5) is 31.4. The zero-order valence-corrected chi connectivity index (χ0v) is 17.6. The minimum atomic E-state index is -0.314. The first-order valence-electron chi connectivity index (χ1n) is 9.82. The highest BCUT2D eigenvalue weighted by atomic mass is 32.2. The first kappa shape index (κ1) is 21.3. The van der Waals surface area contributed by atoms with E-state index in [1.54, 1.807) is 25.3 Å². The number of aryl methyl sites for hydroxylation is 1. The lowest BCUT2D eigenvalue weighted by molar-refractivity contribution is -0.116. The average molecular weight is 416 g/mol. The average Bonchev–Trinajstić information content (AvgIpc) is 2.74. The molecule has 1 aromatic heterocycles. The third-order valence-corrected chi connectivity index (χ3v) is 5.96. The molecular formula is C22H26FN3O2S. The van der Waals surface area contributed by atoms with Gasteiger partial charge in [0.1, 0.15) is 10.8 Å². The molecule has 3 rings (SSSR count). The number of anilines is 1. The van der Waals surface area contributed by atoms with Gasteiger partial charge in [0.2, 0.25) is 5.91 Å². The van der Waals surface area contributed by atoms with Crippen molar-refractivity contribution in [2.75, 3.05) is 24.7 Å². The summed E-state index contributed by atoms with van der Waals surface area (Å²) in [6.07, 6.45) is 6.66. The summed E-state index contributed by atoms with van der Waals surface area (Å²) in [7, 11) is 0. The molecule has 1 saturated heterocycles. The quantitative estimate of drug-likeness (QED) is 0.705. The molecule has 1 N–H and O–H groups in total. The highest BCUT2D eigenvalue weighted by Gasteiger charge is 2.26. The van der Waals surface area contributed by atoms with Gasteiger partial charge < -0.3 is 10.2 Å². The molecule has 0 spiro atoms. The van der Waals surface area contributed by atoms with E-state index in [0.717, 1.165) is 30.8 Å². The molecule has 7 heteroatoms. The monoisotopic (exact) mass is 415 g/mol. The molecule has 1 aliphatic heterocycles. The number of aromatic nitrogens is 1. The normalized spacial score (nSPS) is 16.5. The number of halogens is 1. The summed E-state index contributed by atoms with van der Waals surface area (Å²) in [5.41, 5.74) is 1.98. The van der Waals surface area contributed by atoms with E-state index < -0.39 is 0 Å². The Morgan fingerprint density at radius 2 is 2.17 bits per heavy atom. The molecule has 1 aromatic carbocycles. The molecule has 154 valence electrons. The van der Waals surface area contributed by atoms with Crippen molar-refractivity contribution in [3.8, 4) is 0 Å². The molecule has 0 aliphatic carbocycles. The highest BCUT2D eigenvalue weighted by molar-refractivity contribution is 7.98. The number of hydrogen-bond donors (Lipinski definition) is 1. The second kappa shape index (κ2) is 9.87. The number of hydrogen-bond acceptors (Lipinski definition) is 4. The fourth-order valence-corrected chi connectivity index (χ4v) is 4.23. The van der Waals surface area contributed by atoms with Crippen molar-refractivity contribution in [3.05, 3.63) is 53.5 Å². The summed E-state index contributed by atoms with van der Waals surface area (Å²) in [6, 6.07) is 7.94. The van der Waals surface area contributed by atoms with Crippen LogP contribution in [0, 0.1) is 18.7 Å². The Labute approximate surface area is 175 Å². The Bertz CT molecular complexity index is 890. The number of amides is 2. The summed E-state index contributed by atoms with van der Waals surface area (Å²) in [6.45, 7) is 3.16. The van der Waals surface area contributed by atoms with Crippen LogP contribution in [0.4, 0.5) is 10.1 Å². The van der Waals surface area contributed by atoms with Crippen LogP contribution < -0.4 is 5.32 Å². The lowest BCUT2D eigenvalue weighted by atomic mass is 9.93. The van der Waals surface area contributed by atoms with Crippen molar-refractivity contribution in [1.29, 1.82) is 0 Å². The molecule has 2 heterocycles. The number of piperidine rings is 1. The number of carbonyl (C=O) groups excluding carboxylic acids is 2. The van der Waals surface area contributed by atoms with Gasteiger partial charge in [0.25, 0.3) is 5.91 Å². The van der Waals surface area contributed by atoms with Crippen LogP contribution in [0.1, 0.15) is 41.6 Å². The molecule has 0 saturated carbocycles. The zero-order valence-electron chi connectivity index (χ0n) is 16.8. The Morgan fingerprint density at radius 3 is 2.93 bits per heavy atom. The van der Waals surface area contributed by atoms with Gasteiger partial charge in [-0.1, -0.05) is 0 Å². The van der Waals surface area contributed by atoms with Gasteiger partial charge in [-0.05, 0) is 74.3 Å². The van der Waals surface area contributed by atoms with Crippen LogP contribution in [0.15, 0.2) is 41.6 Å². The zero-order chi connectivity index (χ0) is 20.8. The Morgan fingerprint density at radius 1 is 1.34 bits per heavy atom. The smallest absolute Gasteiger partial charge is 0.256 e. The molecule has 29 heavy (non-hydrogen) atoms. The largest absolute Gasteiger partial charge is 0.338 e. The third kappa shape index (κ3) is 5.56. The Kier molecular flexibility index (Phi) is 7.25. The van der Waals surface area contributed by atoms with E-state index in [1.165, 1.54) is 23.9 Å². The van der Waals surface area contributed by atoms with Gasteiger partial charge in [-0.2, -0.15) is 0 Å². The lowest BCUT2D eigenvalue weighted by Gasteiger charge is -2.33. The van der Waals surface area contributed by atoms with Crippen LogP contribution in [0.2, 0.25) is 0 Å². The van der Waals surface area contributed by atoms with Gasteiger partial charge in [0.05, 0.1) is 5.56 Å². The molecule has 1 aliphatic rings. The predicted molar refractivity (Wildman–Crippen MR) is 114 cm³/mol. The van der Waals surface area contributed by atoms with Gasteiger partial charge in [-0.25, -0.2) is 9.37 Å². The summed E-state index contributed by atoms with van der Waals surface area (Å²) >= 11 is 1.47. The van der Waals surface area contributed by atoms with Gasteiger partial charge in [-0.15, -0.1) is 11.8 Å². The minimum absolute atomic E-state index is 0.0125. The number of nitrogens with zero attached hydrogens (tertiary/aromatic N) is 2. The molecule has 0 unspecified atom stereocenters. The third-order valence-electron chi connectivity index (χ3n) is 5.24. The van der Waals surface area contributed by atoms with Crippen LogP contribution >= 0.6 is 11.8 Å². The maximum absolute atomic E-state index is 13.2. The lowest BCUT2D eigenvalue weighted by Crippen LogP contribution is -2.40. The van der Waals surface area contributed by atoms with Crippen LogP contribution in [-0.4, -0.2) is 41.0 Å². The van der Waals surface area contributed by atoms with E-state index in [2.05, 4.69) is 10.3 Å². The van der Waals surface area contributed by atoms with Gasteiger partial charge in [0, 0.05) is 31.4 Å². The van der Waals surface area contributed by atoms with E-state index in [9.17, 15) is 14.0 Å².